The number of benzene rings is 2. The number of hydrogen-bond donors (Lipinski definition) is 0. The van der Waals surface area contributed by atoms with Crippen LogP contribution in [0.1, 0.15) is 65.6 Å². The molecule has 35 heavy (non-hydrogen) atoms. The van der Waals surface area contributed by atoms with Crippen molar-refractivity contribution in [3.05, 3.63) is 64.7 Å². The molecule has 4 saturated carbocycles. The lowest BCUT2D eigenvalue weighted by atomic mass is 9.48. The van der Waals surface area contributed by atoms with Gasteiger partial charge in [-0.1, -0.05) is 11.8 Å². The monoisotopic (exact) mass is 474 g/mol. The zero-order valence-corrected chi connectivity index (χ0v) is 20.7. The van der Waals surface area contributed by atoms with E-state index in [1.165, 1.54) is 51.2 Å². The van der Waals surface area contributed by atoms with Gasteiger partial charge in [-0.2, -0.15) is 0 Å². The van der Waals surface area contributed by atoms with Crippen LogP contribution in [-0.2, 0) is 19.6 Å². The minimum absolute atomic E-state index is 0.191. The van der Waals surface area contributed by atoms with Gasteiger partial charge < -0.3 is 18.9 Å². The van der Waals surface area contributed by atoms with Crippen molar-refractivity contribution in [2.75, 3.05) is 34.2 Å². The highest BCUT2D eigenvalue weighted by atomic mass is 16.7. The molecule has 2 aromatic rings. The Morgan fingerprint density at radius 3 is 2.14 bits per heavy atom. The zero-order chi connectivity index (χ0) is 24.3. The summed E-state index contributed by atoms with van der Waals surface area (Å²) in [5.74, 6) is 9.70. The summed E-state index contributed by atoms with van der Waals surface area (Å²) in [5.41, 5.74) is 3.87. The van der Waals surface area contributed by atoms with E-state index in [2.05, 4.69) is 24.0 Å². The predicted octanol–water partition coefficient (Wildman–Crippen LogP) is 5.34. The second-order valence-electron chi connectivity index (χ2n) is 10.4. The van der Waals surface area contributed by atoms with Gasteiger partial charge in [0.2, 0.25) is 0 Å². The third-order valence-corrected chi connectivity index (χ3v) is 7.98. The zero-order valence-electron chi connectivity index (χ0n) is 20.7. The molecule has 0 aliphatic heterocycles. The molecule has 4 bridgehead atoms. The fourth-order valence-corrected chi connectivity index (χ4v) is 6.85. The van der Waals surface area contributed by atoms with Crippen molar-refractivity contribution in [1.82, 2.24) is 0 Å². The van der Waals surface area contributed by atoms with Crippen LogP contribution in [0.2, 0.25) is 0 Å². The summed E-state index contributed by atoms with van der Waals surface area (Å²) in [6, 6.07) is 13.6. The van der Waals surface area contributed by atoms with Crippen molar-refractivity contribution in [2.24, 2.45) is 17.8 Å². The third-order valence-electron chi connectivity index (χ3n) is 7.98. The van der Waals surface area contributed by atoms with E-state index >= 15 is 0 Å². The molecule has 0 heterocycles. The van der Waals surface area contributed by atoms with Crippen LogP contribution in [0.3, 0.4) is 0 Å². The minimum atomic E-state index is -0.341. The maximum atomic E-state index is 11.7. The highest BCUT2D eigenvalue weighted by molar-refractivity contribution is 5.89. The smallest absolute Gasteiger partial charge is 0.337 e. The van der Waals surface area contributed by atoms with Gasteiger partial charge in [-0.3, -0.25) is 0 Å². The van der Waals surface area contributed by atoms with Crippen LogP contribution in [0.15, 0.2) is 42.5 Å². The summed E-state index contributed by atoms with van der Waals surface area (Å²) in [4.78, 5) is 11.7. The fraction of sp³-hybridized carbons (Fsp3) is 0.500. The Hall–Kier alpha value is -2.81. The number of ether oxygens (including phenoxy) is 4. The van der Waals surface area contributed by atoms with Crippen LogP contribution in [0, 0.1) is 29.6 Å². The number of hydrogen-bond acceptors (Lipinski definition) is 5. The van der Waals surface area contributed by atoms with Gasteiger partial charge in [0.05, 0.1) is 25.9 Å². The average molecular weight is 475 g/mol. The van der Waals surface area contributed by atoms with E-state index in [9.17, 15) is 4.79 Å². The molecular formula is C30H34O5. The van der Waals surface area contributed by atoms with Gasteiger partial charge in [0.1, 0.15) is 5.75 Å². The SMILES string of the molecule is COCCOCOc1ccc(C#Cc2ccc(C(=O)OC)cc2)cc1C12CC3CC(CC(C3)C1)C2. The van der Waals surface area contributed by atoms with Crippen molar-refractivity contribution < 1.29 is 23.7 Å². The van der Waals surface area contributed by atoms with Crippen molar-refractivity contribution in [1.29, 1.82) is 0 Å². The molecule has 0 amide bonds. The normalized spacial score (nSPS) is 26.2. The highest BCUT2D eigenvalue weighted by Gasteiger charge is 2.52. The summed E-state index contributed by atoms with van der Waals surface area (Å²) < 4.78 is 21.6. The lowest BCUT2D eigenvalue weighted by Crippen LogP contribution is -2.48. The first kappa shape index (κ1) is 23.9. The largest absolute Gasteiger partial charge is 0.467 e. The standard InChI is InChI=1S/C30H34O5/c1-32-11-12-34-20-35-28-10-7-22(4-3-21-5-8-26(9-6-21)29(31)33-2)16-27(28)30-17-23-13-24(18-30)15-25(14-23)19-30/h5-10,16,23-25H,11-15,17-20H2,1-2H3. The maximum Gasteiger partial charge on any atom is 0.337 e. The molecular weight excluding hydrogens is 440 g/mol. The number of rotatable bonds is 8. The Bertz CT molecular complexity index is 1070. The average Bonchev–Trinajstić information content (AvgIpc) is 2.87. The molecule has 0 spiro atoms. The van der Waals surface area contributed by atoms with Crippen LogP contribution >= 0.6 is 0 Å². The topological polar surface area (TPSA) is 54.0 Å². The van der Waals surface area contributed by atoms with E-state index in [0.29, 0.717) is 18.8 Å². The van der Waals surface area contributed by atoms with Gasteiger partial charge >= 0.3 is 5.97 Å². The van der Waals surface area contributed by atoms with E-state index in [4.69, 9.17) is 18.9 Å². The molecule has 2 aromatic carbocycles. The van der Waals surface area contributed by atoms with Crippen molar-refractivity contribution in [3.63, 3.8) is 0 Å². The van der Waals surface area contributed by atoms with Gasteiger partial charge in [-0.25, -0.2) is 4.79 Å². The summed E-state index contributed by atoms with van der Waals surface area (Å²) in [7, 11) is 3.05. The van der Waals surface area contributed by atoms with Crippen LogP contribution < -0.4 is 4.74 Å². The van der Waals surface area contributed by atoms with Crippen molar-refractivity contribution in [2.45, 2.75) is 43.9 Å². The number of carbonyl (C=O) groups excluding carboxylic acids is 1. The number of methoxy groups -OCH3 is 2. The van der Waals surface area contributed by atoms with Gasteiger partial charge in [-0.15, -0.1) is 0 Å². The second kappa shape index (κ2) is 10.4. The summed E-state index contributed by atoms with van der Waals surface area (Å²) in [6.45, 7) is 1.29. The Morgan fingerprint density at radius 2 is 1.51 bits per heavy atom. The molecule has 0 atom stereocenters. The Labute approximate surface area is 208 Å². The summed E-state index contributed by atoms with van der Waals surface area (Å²) >= 11 is 0. The van der Waals surface area contributed by atoms with E-state index in [-0.39, 0.29) is 18.2 Å². The minimum Gasteiger partial charge on any atom is -0.467 e. The molecule has 0 radical (unpaired) electrons. The molecule has 6 rings (SSSR count). The molecule has 5 heteroatoms. The Balaban J connectivity index is 1.40. The van der Waals surface area contributed by atoms with Crippen LogP contribution in [0.25, 0.3) is 0 Å². The van der Waals surface area contributed by atoms with Gasteiger partial charge in [0.25, 0.3) is 0 Å². The van der Waals surface area contributed by atoms with Crippen LogP contribution in [0.4, 0.5) is 0 Å². The molecule has 0 unspecified atom stereocenters. The molecule has 184 valence electrons. The van der Waals surface area contributed by atoms with E-state index in [1.807, 2.05) is 18.2 Å². The van der Waals surface area contributed by atoms with Gasteiger partial charge in [0, 0.05) is 23.8 Å². The summed E-state index contributed by atoms with van der Waals surface area (Å²) in [6.07, 6.45) is 7.97. The quantitative estimate of drug-likeness (QED) is 0.224. The van der Waals surface area contributed by atoms with Gasteiger partial charge in [-0.05, 0) is 104 Å². The molecule has 0 aromatic heterocycles. The van der Waals surface area contributed by atoms with E-state index in [1.54, 1.807) is 19.2 Å². The first-order valence-electron chi connectivity index (χ1n) is 12.6. The summed E-state index contributed by atoms with van der Waals surface area (Å²) in [5, 5.41) is 0. The predicted molar refractivity (Wildman–Crippen MR) is 133 cm³/mol. The molecule has 4 fully saturated rings. The Morgan fingerprint density at radius 1 is 0.886 bits per heavy atom. The Kier molecular flexibility index (Phi) is 7.13. The molecule has 5 nitrogen and oxygen atoms in total. The molecule has 0 saturated heterocycles. The first-order chi connectivity index (χ1) is 17.1. The van der Waals surface area contributed by atoms with E-state index < -0.39 is 0 Å². The maximum absolute atomic E-state index is 11.7. The van der Waals surface area contributed by atoms with Crippen LogP contribution in [-0.4, -0.2) is 40.2 Å². The van der Waals surface area contributed by atoms with Crippen molar-refractivity contribution in [3.8, 4) is 17.6 Å². The first-order valence-corrected chi connectivity index (χ1v) is 12.6. The van der Waals surface area contributed by atoms with Crippen LogP contribution in [0.5, 0.6) is 5.75 Å². The fourth-order valence-electron chi connectivity index (χ4n) is 6.85. The molecule has 4 aliphatic carbocycles. The second-order valence-corrected chi connectivity index (χ2v) is 10.4. The number of esters is 1. The highest BCUT2D eigenvalue weighted by Crippen LogP contribution is 2.61. The molecule has 4 aliphatic rings. The lowest BCUT2D eigenvalue weighted by Gasteiger charge is -2.57. The third kappa shape index (κ3) is 5.24. The van der Waals surface area contributed by atoms with Gasteiger partial charge in [0.15, 0.2) is 6.79 Å². The number of carbonyl (C=O) groups is 1. The van der Waals surface area contributed by atoms with E-state index in [0.717, 1.165) is 34.6 Å². The van der Waals surface area contributed by atoms with Crippen molar-refractivity contribution >= 4 is 5.97 Å². The molecule has 0 N–H and O–H groups in total. The lowest BCUT2D eigenvalue weighted by molar-refractivity contribution is -0.0189.